The Morgan fingerprint density at radius 1 is 1.36 bits per heavy atom. The topological polar surface area (TPSA) is 95.0 Å². The Labute approximate surface area is 147 Å². The molecule has 6 nitrogen and oxygen atoms in total. The molecule has 2 heterocycles. The molecule has 1 saturated heterocycles. The third-order valence-electron chi connectivity index (χ3n) is 4.53. The maximum atomic E-state index is 12.0. The number of primary amides is 1. The van der Waals surface area contributed by atoms with Crippen LogP contribution >= 0.6 is 0 Å². The third-order valence-corrected chi connectivity index (χ3v) is 4.53. The minimum atomic E-state index is -0.376. The number of carbonyl (C=O) groups excluding carboxylic acids is 1. The van der Waals surface area contributed by atoms with Crippen LogP contribution in [-0.4, -0.2) is 35.4 Å². The zero-order valence-corrected chi connectivity index (χ0v) is 13.9. The van der Waals surface area contributed by atoms with Gasteiger partial charge >= 0.3 is 0 Å². The maximum absolute atomic E-state index is 12.0. The summed E-state index contributed by atoms with van der Waals surface area (Å²) in [5, 5.41) is 12.1. The summed E-state index contributed by atoms with van der Waals surface area (Å²) in [6.45, 7) is 2.43. The van der Waals surface area contributed by atoms with E-state index in [1.54, 1.807) is 18.3 Å². The van der Waals surface area contributed by atoms with Gasteiger partial charge in [0.05, 0.1) is 5.56 Å². The number of hydrogen-bond acceptors (Lipinski definition) is 5. The van der Waals surface area contributed by atoms with Crippen LogP contribution in [0.1, 0.15) is 23.6 Å². The molecule has 1 aromatic heterocycles. The quantitative estimate of drug-likeness (QED) is 0.841. The van der Waals surface area contributed by atoms with Gasteiger partial charge in [0.1, 0.15) is 17.9 Å². The first kappa shape index (κ1) is 16.9. The molecule has 3 N–H and O–H groups in total. The van der Waals surface area contributed by atoms with E-state index in [1.807, 2.05) is 30.3 Å². The van der Waals surface area contributed by atoms with E-state index in [0.717, 1.165) is 37.4 Å². The normalized spacial score (nSPS) is 18.4. The molecule has 3 rings (SSSR count). The highest BCUT2D eigenvalue weighted by Gasteiger charge is 2.32. The molecule has 1 aromatic carbocycles. The summed E-state index contributed by atoms with van der Waals surface area (Å²) in [4.78, 5) is 18.3. The lowest BCUT2D eigenvalue weighted by Gasteiger charge is -2.25. The first-order chi connectivity index (χ1) is 12.2. The second kappa shape index (κ2) is 7.77. The molecule has 2 atom stereocenters. The van der Waals surface area contributed by atoms with Gasteiger partial charge < -0.3 is 11.1 Å². The second-order valence-electron chi connectivity index (χ2n) is 6.29. The Morgan fingerprint density at radius 3 is 2.80 bits per heavy atom. The number of pyridine rings is 1. The molecule has 0 saturated carbocycles. The van der Waals surface area contributed by atoms with Crippen LogP contribution in [0.15, 0.2) is 48.7 Å². The number of benzene rings is 1. The minimum absolute atomic E-state index is 0.312. The summed E-state index contributed by atoms with van der Waals surface area (Å²) >= 11 is 0. The zero-order valence-electron chi connectivity index (χ0n) is 13.9. The van der Waals surface area contributed by atoms with Gasteiger partial charge in [-0.05, 0) is 36.6 Å². The molecule has 2 unspecified atom stereocenters. The number of rotatable bonds is 6. The van der Waals surface area contributed by atoms with Crippen LogP contribution in [0.4, 0.5) is 5.82 Å². The average molecular weight is 335 g/mol. The molecule has 0 aliphatic carbocycles. The molecular formula is C19H21N5O. The van der Waals surface area contributed by atoms with Crippen LogP contribution in [-0.2, 0) is 4.79 Å². The number of aromatic nitrogens is 1. The molecule has 6 heteroatoms. The number of carbonyl (C=O) groups is 1. The highest BCUT2D eigenvalue weighted by atomic mass is 16.1. The Morgan fingerprint density at radius 2 is 2.16 bits per heavy atom. The van der Waals surface area contributed by atoms with E-state index in [9.17, 15) is 4.79 Å². The summed E-state index contributed by atoms with van der Waals surface area (Å²) in [5.41, 5.74) is 7.14. The van der Waals surface area contributed by atoms with E-state index >= 15 is 0 Å². The van der Waals surface area contributed by atoms with Crippen molar-refractivity contribution in [1.82, 2.24) is 9.88 Å². The summed E-state index contributed by atoms with van der Waals surface area (Å²) in [5.74, 6) is 0.864. The lowest BCUT2D eigenvalue weighted by molar-refractivity contribution is -0.123. The number of likely N-dealkylation sites (tertiary alicyclic amines) is 1. The Bertz CT molecular complexity index is 754. The highest BCUT2D eigenvalue weighted by molar-refractivity contribution is 5.81. The summed E-state index contributed by atoms with van der Waals surface area (Å²) in [6.07, 6.45) is 2.56. The summed E-state index contributed by atoms with van der Waals surface area (Å²) < 4.78 is 0. The largest absolute Gasteiger partial charge is 0.370 e. The molecule has 25 heavy (non-hydrogen) atoms. The standard InChI is InChI=1S/C19H21N5O/c20-10-14-6-7-17(22-11-14)23-12-15-8-9-24(13-15)18(19(21)25)16-4-2-1-3-5-16/h1-7,11,15,18H,8-9,12-13H2,(H2,21,25)(H,22,23). The predicted molar refractivity (Wildman–Crippen MR) is 95.5 cm³/mol. The molecule has 128 valence electrons. The molecule has 0 radical (unpaired) electrons. The van der Waals surface area contributed by atoms with Gasteiger partial charge in [-0.3, -0.25) is 9.69 Å². The predicted octanol–water partition coefficient (Wildman–Crippen LogP) is 1.91. The highest BCUT2D eigenvalue weighted by Crippen LogP contribution is 2.27. The fraction of sp³-hybridized carbons (Fsp3) is 0.316. The Hall–Kier alpha value is -2.91. The van der Waals surface area contributed by atoms with E-state index in [2.05, 4.69) is 21.3 Å². The molecule has 1 amide bonds. The van der Waals surface area contributed by atoms with Crippen LogP contribution in [0.5, 0.6) is 0 Å². The number of anilines is 1. The molecule has 1 aliphatic rings. The van der Waals surface area contributed by atoms with Crippen molar-refractivity contribution in [2.24, 2.45) is 11.7 Å². The van der Waals surface area contributed by atoms with E-state index < -0.39 is 0 Å². The number of hydrogen-bond donors (Lipinski definition) is 2. The van der Waals surface area contributed by atoms with Crippen molar-refractivity contribution in [3.63, 3.8) is 0 Å². The molecule has 2 aromatic rings. The third kappa shape index (κ3) is 4.14. The zero-order chi connectivity index (χ0) is 17.6. The lowest BCUT2D eigenvalue weighted by atomic mass is 10.0. The van der Waals surface area contributed by atoms with Gasteiger partial charge in [0.25, 0.3) is 0 Å². The van der Waals surface area contributed by atoms with E-state index in [4.69, 9.17) is 11.0 Å². The van der Waals surface area contributed by atoms with Crippen molar-refractivity contribution in [2.45, 2.75) is 12.5 Å². The first-order valence-corrected chi connectivity index (χ1v) is 8.35. The second-order valence-corrected chi connectivity index (χ2v) is 6.29. The average Bonchev–Trinajstić information content (AvgIpc) is 3.09. The lowest BCUT2D eigenvalue weighted by Crippen LogP contribution is -2.36. The van der Waals surface area contributed by atoms with Gasteiger partial charge in [-0.25, -0.2) is 4.98 Å². The van der Waals surface area contributed by atoms with Crippen LogP contribution in [0.2, 0.25) is 0 Å². The van der Waals surface area contributed by atoms with Crippen molar-refractivity contribution < 1.29 is 4.79 Å². The number of amides is 1. The van der Waals surface area contributed by atoms with Crippen LogP contribution in [0.3, 0.4) is 0 Å². The molecule has 1 aliphatic heterocycles. The number of nitriles is 1. The summed E-state index contributed by atoms with van der Waals surface area (Å²) in [6, 6.07) is 14.9. The molecule has 0 spiro atoms. The molecular weight excluding hydrogens is 314 g/mol. The van der Waals surface area contributed by atoms with Crippen LogP contribution < -0.4 is 11.1 Å². The number of nitrogens with two attached hydrogens (primary N) is 1. The fourth-order valence-electron chi connectivity index (χ4n) is 3.27. The van der Waals surface area contributed by atoms with E-state index in [1.165, 1.54) is 0 Å². The Kier molecular flexibility index (Phi) is 5.26. The minimum Gasteiger partial charge on any atom is -0.370 e. The van der Waals surface area contributed by atoms with Gasteiger partial charge in [0, 0.05) is 19.3 Å². The summed E-state index contributed by atoms with van der Waals surface area (Å²) in [7, 11) is 0. The van der Waals surface area contributed by atoms with Crippen molar-refractivity contribution in [3.8, 4) is 6.07 Å². The van der Waals surface area contributed by atoms with Crippen LogP contribution in [0.25, 0.3) is 0 Å². The Balaban J connectivity index is 1.58. The number of nitrogens with one attached hydrogen (secondary N) is 1. The monoisotopic (exact) mass is 335 g/mol. The SMILES string of the molecule is N#Cc1ccc(NCC2CCN(C(C(N)=O)c3ccccc3)C2)nc1. The van der Waals surface area contributed by atoms with Gasteiger partial charge in [-0.2, -0.15) is 5.26 Å². The van der Waals surface area contributed by atoms with E-state index in [0.29, 0.717) is 11.5 Å². The fourth-order valence-corrected chi connectivity index (χ4v) is 3.27. The number of nitrogens with zero attached hydrogens (tertiary/aromatic N) is 3. The van der Waals surface area contributed by atoms with Crippen LogP contribution in [0, 0.1) is 17.2 Å². The van der Waals surface area contributed by atoms with Gasteiger partial charge in [0.2, 0.25) is 5.91 Å². The van der Waals surface area contributed by atoms with Gasteiger partial charge in [-0.15, -0.1) is 0 Å². The van der Waals surface area contributed by atoms with Crippen molar-refractivity contribution >= 4 is 11.7 Å². The van der Waals surface area contributed by atoms with E-state index in [-0.39, 0.29) is 11.9 Å². The van der Waals surface area contributed by atoms with Gasteiger partial charge in [-0.1, -0.05) is 30.3 Å². The maximum Gasteiger partial charge on any atom is 0.239 e. The van der Waals surface area contributed by atoms with Crippen molar-refractivity contribution in [3.05, 3.63) is 59.8 Å². The first-order valence-electron chi connectivity index (χ1n) is 8.35. The smallest absolute Gasteiger partial charge is 0.239 e. The van der Waals surface area contributed by atoms with Crippen molar-refractivity contribution in [1.29, 1.82) is 5.26 Å². The molecule has 0 bridgehead atoms. The van der Waals surface area contributed by atoms with Gasteiger partial charge in [0.15, 0.2) is 0 Å². The van der Waals surface area contributed by atoms with Crippen molar-refractivity contribution in [2.75, 3.05) is 25.0 Å². The molecule has 1 fully saturated rings.